The highest BCUT2D eigenvalue weighted by molar-refractivity contribution is 5.50. The number of aryl methyl sites for hydroxylation is 2. The fraction of sp³-hybridized carbons (Fsp3) is 0.294. The van der Waals surface area contributed by atoms with Crippen LogP contribution in [0.15, 0.2) is 42.5 Å². The molecule has 1 nitrogen and oxygen atoms in total. The number of hydrogen-bond donors (Lipinski definition) is 1. The molecule has 0 saturated carbocycles. The maximum Gasteiger partial charge on any atom is 0.416 e. The molecular weight excluding hydrogens is 275 g/mol. The number of benzene rings is 2. The Balaban J connectivity index is 2.22. The third-order valence-corrected chi connectivity index (χ3v) is 3.32. The Kier molecular flexibility index (Phi) is 4.26. The summed E-state index contributed by atoms with van der Waals surface area (Å²) >= 11 is 0. The molecule has 0 saturated heterocycles. The zero-order chi connectivity index (χ0) is 15.6. The summed E-state index contributed by atoms with van der Waals surface area (Å²) in [6, 6.07) is 11.3. The van der Waals surface area contributed by atoms with Crippen molar-refractivity contribution in [1.82, 2.24) is 0 Å². The third-order valence-electron chi connectivity index (χ3n) is 3.32. The first kappa shape index (κ1) is 15.4. The van der Waals surface area contributed by atoms with E-state index >= 15 is 0 Å². The summed E-state index contributed by atoms with van der Waals surface area (Å²) < 4.78 is 38.2. The number of halogens is 3. The van der Waals surface area contributed by atoms with Crippen molar-refractivity contribution < 1.29 is 13.2 Å². The monoisotopic (exact) mass is 293 g/mol. The van der Waals surface area contributed by atoms with E-state index in [0.29, 0.717) is 5.56 Å². The van der Waals surface area contributed by atoms with E-state index in [-0.39, 0.29) is 6.04 Å². The van der Waals surface area contributed by atoms with Crippen LogP contribution in [0.5, 0.6) is 0 Å². The highest BCUT2D eigenvalue weighted by Crippen LogP contribution is 2.31. The Morgan fingerprint density at radius 3 is 2.14 bits per heavy atom. The molecule has 0 heterocycles. The highest BCUT2D eigenvalue weighted by Gasteiger charge is 2.30. The number of rotatable bonds is 3. The van der Waals surface area contributed by atoms with E-state index in [2.05, 4.69) is 11.4 Å². The van der Waals surface area contributed by atoms with Gasteiger partial charge in [-0.05, 0) is 61.7 Å². The van der Waals surface area contributed by atoms with Crippen LogP contribution in [0, 0.1) is 13.8 Å². The molecule has 1 atom stereocenters. The number of alkyl halides is 3. The molecule has 0 amide bonds. The first-order valence-corrected chi connectivity index (χ1v) is 6.78. The lowest BCUT2D eigenvalue weighted by atomic mass is 10.0. The first-order valence-electron chi connectivity index (χ1n) is 6.78. The second-order valence-corrected chi connectivity index (χ2v) is 5.37. The predicted molar refractivity (Wildman–Crippen MR) is 79.4 cm³/mol. The Labute approximate surface area is 122 Å². The standard InChI is InChI=1S/C17H18F3N/c1-11-7-12(2)9-16(8-11)21-13(3)14-5-4-6-15(10-14)17(18,19)20/h4-10,13,21H,1-3H3. The van der Waals surface area contributed by atoms with Crippen LogP contribution in [-0.2, 0) is 6.18 Å². The summed E-state index contributed by atoms with van der Waals surface area (Å²) in [5, 5.41) is 3.25. The SMILES string of the molecule is Cc1cc(C)cc(NC(C)c2cccc(C(F)(F)F)c2)c1. The summed E-state index contributed by atoms with van der Waals surface area (Å²) in [6.07, 6.45) is -4.31. The molecule has 2 aromatic carbocycles. The van der Waals surface area contributed by atoms with Crippen molar-refractivity contribution in [3.8, 4) is 0 Å². The predicted octanol–water partition coefficient (Wildman–Crippen LogP) is 5.50. The fourth-order valence-electron chi connectivity index (χ4n) is 2.38. The van der Waals surface area contributed by atoms with Crippen LogP contribution in [0.25, 0.3) is 0 Å². The summed E-state index contributed by atoms with van der Waals surface area (Å²) in [5.74, 6) is 0. The van der Waals surface area contributed by atoms with E-state index in [0.717, 1.165) is 22.9 Å². The topological polar surface area (TPSA) is 12.0 Å². The molecule has 1 N–H and O–H groups in total. The van der Waals surface area contributed by atoms with Gasteiger partial charge in [0, 0.05) is 11.7 Å². The lowest BCUT2D eigenvalue weighted by Gasteiger charge is -2.18. The van der Waals surface area contributed by atoms with Crippen LogP contribution >= 0.6 is 0 Å². The summed E-state index contributed by atoms with van der Waals surface area (Å²) in [5.41, 5.74) is 3.15. The molecule has 0 radical (unpaired) electrons. The molecule has 0 aromatic heterocycles. The van der Waals surface area contributed by atoms with E-state index < -0.39 is 11.7 Å². The van der Waals surface area contributed by atoms with E-state index in [1.54, 1.807) is 6.07 Å². The Hall–Kier alpha value is -1.97. The highest BCUT2D eigenvalue weighted by atomic mass is 19.4. The van der Waals surface area contributed by atoms with Gasteiger partial charge in [-0.15, -0.1) is 0 Å². The van der Waals surface area contributed by atoms with Crippen molar-refractivity contribution in [2.24, 2.45) is 0 Å². The lowest BCUT2D eigenvalue weighted by molar-refractivity contribution is -0.137. The molecule has 0 aliphatic rings. The largest absolute Gasteiger partial charge is 0.416 e. The minimum atomic E-state index is -4.31. The molecule has 112 valence electrons. The second-order valence-electron chi connectivity index (χ2n) is 5.37. The second kappa shape index (κ2) is 5.80. The molecular formula is C17H18F3N. The van der Waals surface area contributed by atoms with Gasteiger partial charge in [0.1, 0.15) is 0 Å². The van der Waals surface area contributed by atoms with Crippen molar-refractivity contribution in [2.75, 3.05) is 5.32 Å². The summed E-state index contributed by atoms with van der Waals surface area (Å²) in [6.45, 7) is 5.84. The molecule has 21 heavy (non-hydrogen) atoms. The minimum absolute atomic E-state index is 0.200. The summed E-state index contributed by atoms with van der Waals surface area (Å²) in [4.78, 5) is 0. The van der Waals surface area contributed by atoms with Crippen LogP contribution in [0.2, 0.25) is 0 Å². The lowest BCUT2D eigenvalue weighted by Crippen LogP contribution is -2.10. The van der Waals surface area contributed by atoms with Crippen molar-refractivity contribution >= 4 is 5.69 Å². The van der Waals surface area contributed by atoms with Crippen molar-refractivity contribution in [2.45, 2.75) is 33.0 Å². The molecule has 0 fully saturated rings. The van der Waals surface area contributed by atoms with Crippen LogP contribution in [0.1, 0.15) is 35.2 Å². The van der Waals surface area contributed by atoms with Crippen LogP contribution in [0.4, 0.5) is 18.9 Å². The molecule has 4 heteroatoms. The van der Waals surface area contributed by atoms with Gasteiger partial charge >= 0.3 is 6.18 Å². The van der Waals surface area contributed by atoms with Gasteiger partial charge in [-0.25, -0.2) is 0 Å². The average molecular weight is 293 g/mol. The average Bonchev–Trinajstić information content (AvgIpc) is 2.36. The molecule has 2 rings (SSSR count). The van der Waals surface area contributed by atoms with E-state index in [1.165, 1.54) is 12.1 Å². The van der Waals surface area contributed by atoms with Crippen LogP contribution in [-0.4, -0.2) is 0 Å². The summed E-state index contributed by atoms with van der Waals surface area (Å²) in [7, 11) is 0. The number of anilines is 1. The van der Waals surface area contributed by atoms with Gasteiger partial charge in [-0.3, -0.25) is 0 Å². The zero-order valence-electron chi connectivity index (χ0n) is 12.3. The Morgan fingerprint density at radius 1 is 0.952 bits per heavy atom. The van der Waals surface area contributed by atoms with Gasteiger partial charge in [-0.2, -0.15) is 13.2 Å². The van der Waals surface area contributed by atoms with Gasteiger partial charge in [0.05, 0.1) is 5.56 Å². The van der Waals surface area contributed by atoms with Gasteiger partial charge in [0.2, 0.25) is 0 Å². The molecule has 0 spiro atoms. The van der Waals surface area contributed by atoms with Gasteiger partial charge < -0.3 is 5.32 Å². The molecule has 0 bridgehead atoms. The van der Waals surface area contributed by atoms with Gasteiger partial charge in [-0.1, -0.05) is 18.2 Å². The van der Waals surface area contributed by atoms with Gasteiger partial charge in [0.15, 0.2) is 0 Å². The smallest absolute Gasteiger partial charge is 0.379 e. The molecule has 1 unspecified atom stereocenters. The third kappa shape index (κ3) is 4.00. The van der Waals surface area contributed by atoms with E-state index in [4.69, 9.17) is 0 Å². The zero-order valence-corrected chi connectivity index (χ0v) is 12.3. The first-order chi connectivity index (χ1) is 9.75. The van der Waals surface area contributed by atoms with Crippen LogP contribution < -0.4 is 5.32 Å². The number of nitrogens with one attached hydrogen (secondary N) is 1. The van der Waals surface area contributed by atoms with E-state index in [1.807, 2.05) is 32.9 Å². The normalized spacial score (nSPS) is 13.0. The van der Waals surface area contributed by atoms with Gasteiger partial charge in [0.25, 0.3) is 0 Å². The van der Waals surface area contributed by atoms with Crippen molar-refractivity contribution in [3.05, 3.63) is 64.7 Å². The van der Waals surface area contributed by atoms with E-state index in [9.17, 15) is 13.2 Å². The van der Waals surface area contributed by atoms with Crippen LogP contribution in [0.3, 0.4) is 0 Å². The number of hydrogen-bond acceptors (Lipinski definition) is 1. The van der Waals surface area contributed by atoms with Crippen molar-refractivity contribution in [1.29, 1.82) is 0 Å². The molecule has 2 aromatic rings. The van der Waals surface area contributed by atoms with Crippen molar-refractivity contribution in [3.63, 3.8) is 0 Å². The Morgan fingerprint density at radius 2 is 1.57 bits per heavy atom. The fourth-order valence-corrected chi connectivity index (χ4v) is 2.38. The Bertz CT molecular complexity index is 612. The molecule has 0 aliphatic carbocycles. The maximum atomic E-state index is 12.7. The maximum absolute atomic E-state index is 12.7. The quantitative estimate of drug-likeness (QED) is 0.788. The minimum Gasteiger partial charge on any atom is -0.379 e. The molecule has 0 aliphatic heterocycles.